The molecule has 18 heavy (non-hydrogen) atoms. The first kappa shape index (κ1) is 11.2. The van der Waals surface area contributed by atoms with Crippen molar-refractivity contribution in [2.75, 3.05) is 5.73 Å². The lowest BCUT2D eigenvalue weighted by Crippen LogP contribution is -1.91. The van der Waals surface area contributed by atoms with Gasteiger partial charge in [-0.1, -0.05) is 30.0 Å². The fraction of sp³-hybridized carbons (Fsp3) is 0.0714. The first-order valence-corrected chi connectivity index (χ1v) is 6.52. The second-order valence-corrected chi connectivity index (χ2v) is 5.26. The molecule has 3 aromatic rings. The molecule has 0 fully saturated rings. The smallest absolute Gasteiger partial charge is 0.103 e. The summed E-state index contributed by atoms with van der Waals surface area (Å²) in [5.74, 6) is 0. The Balaban J connectivity index is 1.93. The van der Waals surface area contributed by atoms with Crippen LogP contribution in [0.3, 0.4) is 0 Å². The number of fused-ring (bicyclic) bond motifs is 1. The molecule has 3 nitrogen and oxygen atoms in total. The summed E-state index contributed by atoms with van der Waals surface area (Å²) in [5, 5.41) is 3.26. The fourth-order valence-corrected chi connectivity index (χ4v) is 2.72. The maximum atomic E-state index is 5.76. The van der Waals surface area contributed by atoms with Crippen molar-refractivity contribution in [2.24, 2.45) is 0 Å². The van der Waals surface area contributed by atoms with Gasteiger partial charge in [-0.15, -0.1) is 0 Å². The van der Waals surface area contributed by atoms with Crippen molar-refractivity contribution in [3.63, 3.8) is 0 Å². The lowest BCUT2D eigenvalue weighted by atomic mass is 10.3. The minimum Gasteiger partial charge on any atom is -0.397 e. The highest BCUT2D eigenvalue weighted by atomic mass is 32.2. The number of hydrogen-bond donors (Lipinski definition) is 2. The Bertz CT molecular complexity index is 670. The Morgan fingerprint density at radius 3 is 2.83 bits per heavy atom. The molecule has 0 atom stereocenters. The van der Waals surface area contributed by atoms with Gasteiger partial charge in [0.1, 0.15) is 5.03 Å². The number of nitrogen functional groups attached to an aromatic ring is 1. The van der Waals surface area contributed by atoms with Crippen LogP contribution in [0.25, 0.3) is 10.9 Å². The molecule has 0 saturated carbocycles. The summed E-state index contributed by atoms with van der Waals surface area (Å²) in [6, 6.07) is 12.4. The predicted molar refractivity (Wildman–Crippen MR) is 75.8 cm³/mol. The summed E-state index contributed by atoms with van der Waals surface area (Å²) in [4.78, 5) is 7.69. The quantitative estimate of drug-likeness (QED) is 0.735. The number of hydrogen-bond acceptors (Lipinski definition) is 3. The lowest BCUT2D eigenvalue weighted by molar-refractivity contribution is 1.10. The number of benzene rings is 1. The zero-order chi connectivity index (χ0) is 12.5. The van der Waals surface area contributed by atoms with E-state index in [1.165, 1.54) is 5.39 Å². The lowest BCUT2D eigenvalue weighted by Gasteiger charge is -2.02. The van der Waals surface area contributed by atoms with Gasteiger partial charge in [-0.3, -0.25) is 0 Å². The van der Waals surface area contributed by atoms with Crippen molar-refractivity contribution in [3.8, 4) is 0 Å². The standard InChI is InChI=1S/C14H13N3S/c1-9-6-13(16-8-11(9)15)18-14-7-10-4-2-3-5-12(10)17-14/h2-8,17H,15H2,1H3. The van der Waals surface area contributed by atoms with Crippen molar-refractivity contribution in [3.05, 3.63) is 48.2 Å². The monoisotopic (exact) mass is 255 g/mol. The van der Waals surface area contributed by atoms with E-state index in [-0.39, 0.29) is 0 Å². The Morgan fingerprint density at radius 2 is 2.06 bits per heavy atom. The molecule has 0 saturated heterocycles. The van der Waals surface area contributed by atoms with Crippen LogP contribution in [0.5, 0.6) is 0 Å². The maximum absolute atomic E-state index is 5.76. The summed E-state index contributed by atoms with van der Waals surface area (Å²) < 4.78 is 0. The van der Waals surface area contributed by atoms with Gasteiger partial charge in [0.2, 0.25) is 0 Å². The molecule has 3 rings (SSSR count). The van der Waals surface area contributed by atoms with Gasteiger partial charge in [-0.05, 0) is 30.7 Å². The molecule has 0 spiro atoms. The van der Waals surface area contributed by atoms with Crippen LogP contribution in [0.2, 0.25) is 0 Å². The van der Waals surface area contributed by atoms with E-state index in [9.17, 15) is 0 Å². The molecule has 90 valence electrons. The third-order valence-corrected chi connectivity index (χ3v) is 3.72. The molecule has 0 radical (unpaired) electrons. The number of pyridine rings is 1. The molecule has 2 heterocycles. The van der Waals surface area contributed by atoms with E-state index in [0.717, 1.165) is 26.8 Å². The highest BCUT2D eigenvalue weighted by molar-refractivity contribution is 7.99. The van der Waals surface area contributed by atoms with E-state index in [0.29, 0.717) is 0 Å². The van der Waals surface area contributed by atoms with Crippen molar-refractivity contribution in [1.29, 1.82) is 0 Å². The van der Waals surface area contributed by atoms with Crippen molar-refractivity contribution in [2.45, 2.75) is 17.0 Å². The van der Waals surface area contributed by atoms with Crippen LogP contribution >= 0.6 is 11.8 Å². The Kier molecular flexibility index (Phi) is 2.72. The van der Waals surface area contributed by atoms with Gasteiger partial charge in [0.15, 0.2) is 0 Å². The van der Waals surface area contributed by atoms with E-state index in [1.807, 2.05) is 25.1 Å². The number of nitrogens with two attached hydrogens (primary N) is 1. The summed E-state index contributed by atoms with van der Waals surface area (Å²) in [6.45, 7) is 1.99. The van der Waals surface area contributed by atoms with Gasteiger partial charge < -0.3 is 10.7 Å². The molecule has 1 aromatic carbocycles. The van der Waals surface area contributed by atoms with Crippen LogP contribution in [-0.2, 0) is 0 Å². The van der Waals surface area contributed by atoms with Gasteiger partial charge in [-0.25, -0.2) is 4.98 Å². The topological polar surface area (TPSA) is 54.7 Å². The van der Waals surface area contributed by atoms with Crippen LogP contribution < -0.4 is 5.73 Å². The highest BCUT2D eigenvalue weighted by Gasteiger charge is 2.04. The molecular formula is C14H13N3S. The Labute approximate surface area is 109 Å². The summed E-state index contributed by atoms with van der Waals surface area (Å²) in [6.07, 6.45) is 1.71. The number of aromatic nitrogens is 2. The minimum absolute atomic E-state index is 0.732. The van der Waals surface area contributed by atoms with Crippen molar-refractivity contribution >= 4 is 28.4 Å². The number of nitrogens with zero attached hydrogens (tertiary/aromatic N) is 1. The number of rotatable bonds is 2. The third kappa shape index (κ3) is 2.07. The molecule has 0 bridgehead atoms. The van der Waals surface area contributed by atoms with Crippen LogP contribution in [0, 0.1) is 6.92 Å². The van der Waals surface area contributed by atoms with E-state index in [1.54, 1.807) is 18.0 Å². The molecule has 3 N–H and O–H groups in total. The Hall–Kier alpha value is -1.94. The zero-order valence-electron chi connectivity index (χ0n) is 9.97. The van der Waals surface area contributed by atoms with Crippen LogP contribution in [0.1, 0.15) is 5.56 Å². The van der Waals surface area contributed by atoms with Gasteiger partial charge in [0.25, 0.3) is 0 Å². The highest BCUT2D eigenvalue weighted by Crippen LogP contribution is 2.29. The number of H-pyrrole nitrogens is 1. The third-order valence-electron chi connectivity index (χ3n) is 2.85. The SMILES string of the molecule is Cc1cc(Sc2cc3ccccc3[nH]2)ncc1N. The number of aromatic amines is 1. The summed E-state index contributed by atoms with van der Waals surface area (Å²) in [5.41, 5.74) is 8.70. The molecular weight excluding hydrogens is 242 g/mol. The van der Waals surface area contributed by atoms with Crippen molar-refractivity contribution < 1.29 is 0 Å². The molecule has 0 aliphatic heterocycles. The average molecular weight is 255 g/mol. The normalized spacial score (nSPS) is 10.9. The molecule has 0 aliphatic rings. The zero-order valence-corrected chi connectivity index (χ0v) is 10.8. The van der Waals surface area contributed by atoms with Crippen molar-refractivity contribution in [1.82, 2.24) is 9.97 Å². The Morgan fingerprint density at radius 1 is 1.22 bits per heavy atom. The van der Waals surface area contributed by atoms with Crippen LogP contribution in [0.4, 0.5) is 5.69 Å². The molecule has 0 aliphatic carbocycles. The second-order valence-electron chi connectivity index (χ2n) is 4.20. The van der Waals surface area contributed by atoms with Gasteiger partial charge in [0, 0.05) is 10.9 Å². The van der Waals surface area contributed by atoms with E-state index in [2.05, 4.69) is 28.2 Å². The van der Waals surface area contributed by atoms with Gasteiger partial charge >= 0.3 is 0 Å². The first-order chi connectivity index (χ1) is 8.72. The largest absolute Gasteiger partial charge is 0.397 e. The first-order valence-electron chi connectivity index (χ1n) is 5.70. The molecule has 0 amide bonds. The second kappa shape index (κ2) is 4.38. The average Bonchev–Trinajstić information content (AvgIpc) is 2.76. The van der Waals surface area contributed by atoms with Crippen LogP contribution in [-0.4, -0.2) is 9.97 Å². The molecule has 0 unspecified atom stereocenters. The summed E-state index contributed by atoms with van der Waals surface area (Å²) in [7, 11) is 0. The number of aryl methyl sites for hydroxylation is 1. The number of para-hydroxylation sites is 1. The van der Waals surface area contributed by atoms with Gasteiger partial charge in [-0.2, -0.15) is 0 Å². The molecule has 4 heteroatoms. The summed E-state index contributed by atoms with van der Waals surface area (Å²) >= 11 is 1.61. The maximum Gasteiger partial charge on any atom is 0.103 e. The number of nitrogens with one attached hydrogen (secondary N) is 1. The van der Waals surface area contributed by atoms with E-state index in [4.69, 9.17) is 5.73 Å². The minimum atomic E-state index is 0.732. The van der Waals surface area contributed by atoms with E-state index < -0.39 is 0 Å². The molecule has 2 aromatic heterocycles. The fourth-order valence-electron chi connectivity index (χ4n) is 1.81. The van der Waals surface area contributed by atoms with Gasteiger partial charge in [0.05, 0.1) is 16.9 Å². The number of anilines is 1. The predicted octanol–water partition coefficient (Wildman–Crippen LogP) is 3.60. The van der Waals surface area contributed by atoms with E-state index >= 15 is 0 Å². The van der Waals surface area contributed by atoms with Crippen LogP contribution in [0.15, 0.2) is 52.6 Å².